The first-order valence-corrected chi connectivity index (χ1v) is 19.3. The topological polar surface area (TPSA) is 107 Å². The summed E-state index contributed by atoms with van der Waals surface area (Å²) in [5.41, 5.74) is 5.08. The van der Waals surface area contributed by atoms with E-state index >= 15 is 0 Å². The Balaban J connectivity index is 0.000000163. The van der Waals surface area contributed by atoms with Crippen LogP contribution in [0.2, 0.25) is 0 Å². The number of aromatic hydroxyl groups is 1. The minimum absolute atomic E-state index is 0.152. The molecule has 2 fully saturated rings. The number of hydrogen-bond donors (Lipinski definition) is 1. The summed E-state index contributed by atoms with van der Waals surface area (Å²) in [6.45, 7) is 10.4. The van der Waals surface area contributed by atoms with Crippen molar-refractivity contribution in [1.29, 1.82) is 0 Å². The third kappa shape index (κ3) is 10.3. The predicted octanol–water partition coefficient (Wildman–Crippen LogP) is 5.52. The molecule has 0 radical (unpaired) electrons. The van der Waals surface area contributed by atoms with Crippen LogP contribution in [0, 0.1) is 0 Å². The fourth-order valence-corrected chi connectivity index (χ4v) is 8.59. The number of phenolic OH excluding ortho intramolecular Hbond substituents is 1. The number of aldehydes is 1. The molecule has 2 aliphatic heterocycles. The number of phenols is 1. The van der Waals surface area contributed by atoms with Gasteiger partial charge in [0.1, 0.15) is 11.5 Å². The minimum Gasteiger partial charge on any atom is -0.508 e. The third-order valence-corrected chi connectivity index (χ3v) is 10.9. The number of ether oxygens (including phenoxy) is 3. The van der Waals surface area contributed by atoms with Crippen molar-refractivity contribution in [2.24, 2.45) is 0 Å². The first-order chi connectivity index (χ1) is 26.6. The number of fused-ring (bicyclic) bond motifs is 4. The van der Waals surface area contributed by atoms with Crippen LogP contribution in [-0.2, 0) is 53.0 Å². The van der Waals surface area contributed by atoms with Crippen molar-refractivity contribution in [1.82, 2.24) is 28.9 Å². The van der Waals surface area contributed by atoms with Crippen LogP contribution in [0.5, 0.6) is 11.5 Å². The Kier molecular flexibility index (Phi) is 13.7. The second kappa shape index (κ2) is 18.6. The van der Waals surface area contributed by atoms with Gasteiger partial charge in [0.15, 0.2) is 0 Å². The summed E-state index contributed by atoms with van der Waals surface area (Å²) in [5, 5.41) is 10.2. The number of rotatable bonds is 9. The number of methoxy groups -OCH3 is 1. The van der Waals surface area contributed by atoms with Gasteiger partial charge in [0.25, 0.3) is 0 Å². The molecule has 0 unspecified atom stereocenters. The van der Waals surface area contributed by atoms with Crippen LogP contribution in [0.25, 0.3) is 0 Å². The molecule has 6 atom stereocenters. The molecule has 55 heavy (non-hydrogen) atoms. The maximum Gasteiger partial charge on any atom is 0.446 e. The highest BCUT2D eigenvalue weighted by Crippen LogP contribution is 2.37. The van der Waals surface area contributed by atoms with Gasteiger partial charge in [-0.15, -0.1) is 0 Å². The van der Waals surface area contributed by atoms with Gasteiger partial charge in [-0.05, 0) is 73.2 Å². The van der Waals surface area contributed by atoms with Crippen LogP contribution in [0.15, 0.2) is 73.8 Å². The van der Waals surface area contributed by atoms with Crippen molar-refractivity contribution < 1.29 is 37.3 Å². The standard InChI is InChI=1S/C20H27N3O2.C19H25N3O2.C2HF3O/c1-3-8-23-13-16(12-22-9-7-21-14-22)25-20-11-17-15(10-18(20)23)5-4-6-19(17)24-2;1-2-7-22-12-15(11-21-8-6-20-13-21)24-19-10-16-14(9-17(19)22)4-3-5-18(16)23;3-2(4,5)1-6/h4-7,9,14,16,18,20H,3,8,10-13H2,1-2H3;3-6,8,13,15,17,19,23H,2,7,9-12H2,1H3;1H/t16-,18+,20+;15-,17+,19+;/m00./s1. The number of morpholine rings is 2. The van der Waals surface area contributed by atoms with E-state index in [1.807, 2.05) is 43.5 Å². The number of aromatic nitrogens is 4. The predicted molar refractivity (Wildman–Crippen MR) is 201 cm³/mol. The SMILES string of the molecule is CCCN1C[C@H](Cn2ccnc2)O[C@@H]2Cc3c(O)cccc3C[C@H]21.CCCN1C[C@H](Cn2ccnc2)O[C@@H]2Cc3c(cccc3OC)C[C@H]21.O=CC(F)(F)F. The molecule has 2 aromatic carbocycles. The summed E-state index contributed by atoms with van der Waals surface area (Å²) in [6, 6.07) is 13.2. The van der Waals surface area contributed by atoms with Gasteiger partial charge in [-0.1, -0.05) is 38.1 Å². The molecular formula is C41H53F3N6O5. The summed E-state index contributed by atoms with van der Waals surface area (Å²) in [6.07, 6.45) is 12.5. The second-order valence-electron chi connectivity index (χ2n) is 14.7. The first kappa shape index (κ1) is 40.4. The van der Waals surface area contributed by atoms with Gasteiger partial charge < -0.3 is 28.5 Å². The van der Waals surface area contributed by atoms with Crippen LogP contribution < -0.4 is 4.74 Å². The average Bonchev–Trinajstić information content (AvgIpc) is 3.89. The molecule has 4 aliphatic rings. The molecule has 0 bridgehead atoms. The Labute approximate surface area is 321 Å². The Morgan fingerprint density at radius 3 is 1.75 bits per heavy atom. The largest absolute Gasteiger partial charge is 0.508 e. The molecule has 4 aromatic rings. The van der Waals surface area contributed by atoms with Crippen molar-refractivity contribution in [2.75, 3.05) is 33.3 Å². The maximum atomic E-state index is 10.4. The number of halogens is 3. The maximum absolute atomic E-state index is 10.4. The van der Waals surface area contributed by atoms with Crippen molar-refractivity contribution in [3.8, 4) is 11.5 Å². The van der Waals surface area contributed by atoms with Gasteiger partial charge in [0, 0.05) is 62.8 Å². The average molecular weight is 767 g/mol. The number of alkyl halides is 3. The van der Waals surface area contributed by atoms with Crippen molar-refractivity contribution in [3.05, 3.63) is 96.1 Å². The first-order valence-electron chi connectivity index (χ1n) is 19.3. The minimum atomic E-state index is -4.64. The molecule has 0 spiro atoms. The lowest BCUT2D eigenvalue weighted by Crippen LogP contribution is -2.58. The van der Waals surface area contributed by atoms with E-state index in [9.17, 15) is 18.3 Å². The van der Waals surface area contributed by atoms with Gasteiger partial charge >= 0.3 is 6.18 Å². The molecule has 4 heterocycles. The van der Waals surface area contributed by atoms with E-state index in [0.29, 0.717) is 17.8 Å². The number of carbonyl (C=O) groups excluding carboxylic acids is 1. The van der Waals surface area contributed by atoms with E-state index in [2.05, 4.69) is 67.0 Å². The highest BCUT2D eigenvalue weighted by Gasteiger charge is 2.42. The van der Waals surface area contributed by atoms with Crippen LogP contribution in [0.3, 0.4) is 0 Å². The van der Waals surface area contributed by atoms with E-state index in [1.54, 1.807) is 13.2 Å². The van der Waals surface area contributed by atoms with Crippen molar-refractivity contribution >= 4 is 6.29 Å². The fraction of sp³-hybridized carbons (Fsp3) is 0.537. The Morgan fingerprint density at radius 1 is 0.800 bits per heavy atom. The second-order valence-corrected chi connectivity index (χ2v) is 14.7. The molecule has 298 valence electrons. The van der Waals surface area contributed by atoms with Crippen LogP contribution >= 0.6 is 0 Å². The van der Waals surface area contributed by atoms with Crippen LogP contribution in [0.1, 0.15) is 48.9 Å². The zero-order valence-corrected chi connectivity index (χ0v) is 31.9. The Morgan fingerprint density at radius 2 is 1.29 bits per heavy atom. The van der Waals surface area contributed by atoms with Crippen molar-refractivity contribution in [3.63, 3.8) is 0 Å². The lowest BCUT2D eigenvalue weighted by molar-refractivity contribution is -0.156. The molecular weight excluding hydrogens is 713 g/mol. The van der Waals surface area contributed by atoms with E-state index in [-0.39, 0.29) is 24.4 Å². The number of carbonyl (C=O) groups is 1. The van der Waals surface area contributed by atoms with E-state index < -0.39 is 12.5 Å². The van der Waals surface area contributed by atoms with Crippen LogP contribution in [0.4, 0.5) is 13.2 Å². The van der Waals surface area contributed by atoms with Gasteiger partial charge in [0.2, 0.25) is 6.29 Å². The highest BCUT2D eigenvalue weighted by atomic mass is 19.4. The number of hydrogen-bond acceptors (Lipinski definition) is 9. The molecule has 11 nitrogen and oxygen atoms in total. The van der Waals surface area contributed by atoms with E-state index in [0.717, 1.165) is 82.7 Å². The van der Waals surface area contributed by atoms with E-state index in [4.69, 9.17) is 19.0 Å². The molecule has 14 heteroatoms. The summed E-state index contributed by atoms with van der Waals surface area (Å²) in [4.78, 5) is 22.2. The number of imidazole rings is 2. The fourth-order valence-electron chi connectivity index (χ4n) is 8.59. The molecule has 8 rings (SSSR count). The molecule has 0 saturated carbocycles. The Bertz CT molecular complexity index is 1790. The summed E-state index contributed by atoms with van der Waals surface area (Å²) in [5.74, 6) is 1.41. The molecule has 2 aromatic heterocycles. The Hall–Kier alpha value is -4.24. The van der Waals surface area contributed by atoms with Crippen molar-refractivity contribution in [2.45, 2.75) is 108 Å². The number of nitrogens with zero attached hydrogens (tertiary/aromatic N) is 6. The smallest absolute Gasteiger partial charge is 0.446 e. The monoisotopic (exact) mass is 766 g/mol. The molecule has 0 amide bonds. The highest BCUT2D eigenvalue weighted by molar-refractivity contribution is 5.56. The lowest BCUT2D eigenvalue weighted by atomic mass is 9.83. The zero-order chi connectivity index (χ0) is 39.0. The van der Waals surface area contributed by atoms with Gasteiger partial charge in [-0.3, -0.25) is 14.6 Å². The summed E-state index contributed by atoms with van der Waals surface area (Å²) >= 11 is 0. The quantitative estimate of drug-likeness (QED) is 0.221. The van der Waals surface area contributed by atoms with Gasteiger partial charge in [-0.25, -0.2) is 9.97 Å². The van der Waals surface area contributed by atoms with Gasteiger partial charge in [0.05, 0.1) is 57.3 Å². The molecule has 2 saturated heterocycles. The molecule has 2 aliphatic carbocycles. The lowest BCUT2D eigenvalue weighted by Gasteiger charge is -2.47. The summed E-state index contributed by atoms with van der Waals surface area (Å²) in [7, 11) is 1.76. The normalized spacial score (nSPS) is 24.8. The van der Waals surface area contributed by atoms with E-state index in [1.165, 1.54) is 23.1 Å². The van der Waals surface area contributed by atoms with Crippen LogP contribution in [-0.4, -0.2) is 116 Å². The number of benzene rings is 2. The zero-order valence-electron chi connectivity index (χ0n) is 31.9. The summed E-state index contributed by atoms with van der Waals surface area (Å²) < 4.78 is 54.1. The van der Waals surface area contributed by atoms with Gasteiger partial charge in [-0.2, -0.15) is 13.2 Å². The third-order valence-electron chi connectivity index (χ3n) is 10.9. The molecule has 1 N–H and O–H groups in total.